The Morgan fingerprint density at radius 1 is 1.53 bits per heavy atom. The lowest BCUT2D eigenvalue weighted by atomic mass is 10.2. The van der Waals surface area contributed by atoms with Crippen LogP contribution >= 0.6 is 11.6 Å². The van der Waals surface area contributed by atoms with Gasteiger partial charge in [0.25, 0.3) is 0 Å². The van der Waals surface area contributed by atoms with Crippen LogP contribution in [0.25, 0.3) is 0 Å². The summed E-state index contributed by atoms with van der Waals surface area (Å²) in [4.78, 5) is 11.6. The molecular weight excluding hydrogens is 218 g/mol. The highest BCUT2D eigenvalue weighted by atomic mass is 35.5. The van der Waals surface area contributed by atoms with Crippen LogP contribution in [-0.4, -0.2) is 25.3 Å². The Morgan fingerprint density at radius 3 is 2.87 bits per heavy atom. The number of nitrogens with two attached hydrogens (primary N) is 1. The molecule has 1 aliphatic heterocycles. The lowest BCUT2D eigenvalue weighted by molar-refractivity contribution is -0.103. The standard InChI is InChI=1S/C10H10ClNO3/c11-9-2-1-6(12)3-8(9)10(13)15-7-4-14-5-7/h1-3,7H,4-5,12H2. The summed E-state index contributed by atoms with van der Waals surface area (Å²) in [5.41, 5.74) is 6.33. The van der Waals surface area contributed by atoms with Gasteiger partial charge >= 0.3 is 5.97 Å². The van der Waals surface area contributed by atoms with E-state index >= 15 is 0 Å². The quantitative estimate of drug-likeness (QED) is 0.614. The van der Waals surface area contributed by atoms with E-state index in [9.17, 15) is 4.79 Å². The third kappa shape index (κ3) is 2.22. The van der Waals surface area contributed by atoms with Crippen LogP contribution in [0.15, 0.2) is 18.2 Å². The molecule has 0 radical (unpaired) electrons. The second kappa shape index (κ2) is 4.08. The highest BCUT2D eigenvalue weighted by Gasteiger charge is 2.24. The lowest BCUT2D eigenvalue weighted by Crippen LogP contribution is -2.37. The molecule has 1 heterocycles. The summed E-state index contributed by atoms with van der Waals surface area (Å²) in [7, 11) is 0. The Morgan fingerprint density at radius 2 is 2.27 bits per heavy atom. The third-order valence-corrected chi connectivity index (χ3v) is 2.42. The van der Waals surface area contributed by atoms with E-state index < -0.39 is 5.97 Å². The van der Waals surface area contributed by atoms with Crippen molar-refractivity contribution in [2.75, 3.05) is 18.9 Å². The van der Waals surface area contributed by atoms with Crippen LogP contribution in [0, 0.1) is 0 Å². The molecule has 80 valence electrons. The molecule has 0 atom stereocenters. The van der Waals surface area contributed by atoms with Crippen molar-refractivity contribution in [2.24, 2.45) is 0 Å². The number of carbonyl (C=O) groups is 1. The van der Waals surface area contributed by atoms with Crippen LogP contribution in [-0.2, 0) is 9.47 Å². The van der Waals surface area contributed by atoms with Gasteiger partial charge in [0, 0.05) is 5.69 Å². The summed E-state index contributed by atoms with van der Waals surface area (Å²) >= 11 is 5.85. The smallest absolute Gasteiger partial charge is 0.340 e. The summed E-state index contributed by atoms with van der Waals surface area (Å²) in [5.74, 6) is -0.458. The molecule has 0 aromatic heterocycles. The topological polar surface area (TPSA) is 61.6 Å². The van der Waals surface area contributed by atoms with Gasteiger partial charge in [-0.25, -0.2) is 4.79 Å². The Kier molecular flexibility index (Phi) is 2.79. The van der Waals surface area contributed by atoms with Crippen LogP contribution in [0.2, 0.25) is 5.02 Å². The first kappa shape index (κ1) is 10.3. The van der Waals surface area contributed by atoms with Crippen molar-refractivity contribution in [3.63, 3.8) is 0 Å². The number of ether oxygens (including phenoxy) is 2. The van der Waals surface area contributed by atoms with Crippen molar-refractivity contribution in [1.82, 2.24) is 0 Å². The largest absolute Gasteiger partial charge is 0.454 e. The van der Waals surface area contributed by atoms with Crippen LogP contribution in [0.3, 0.4) is 0 Å². The summed E-state index contributed by atoms with van der Waals surface area (Å²) in [6.07, 6.45) is -0.157. The summed E-state index contributed by atoms with van der Waals surface area (Å²) in [5, 5.41) is 0.342. The Labute approximate surface area is 91.9 Å². The highest BCUT2D eigenvalue weighted by Crippen LogP contribution is 2.21. The van der Waals surface area contributed by atoms with Gasteiger partial charge in [-0.1, -0.05) is 11.6 Å². The number of esters is 1. The first-order valence-electron chi connectivity index (χ1n) is 4.50. The second-order valence-electron chi connectivity index (χ2n) is 3.30. The van der Waals surface area contributed by atoms with Crippen molar-refractivity contribution in [3.8, 4) is 0 Å². The van der Waals surface area contributed by atoms with E-state index in [1.165, 1.54) is 6.07 Å². The molecular formula is C10H10ClNO3. The predicted octanol–water partition coefficient (Wildman–Crippen LogP) is 1.48. The fourth-order valence-corrected chi connectivity index (χ4v) is 1.39. The SMILES string of the molecule is Nc1ccc(Cl)c(C(=O)OC2COC2)c1. The molecule has 5 heteroatoms. The van der Waals surface area contributed by atoms with Gasteiger partial charge in [0.2, 0.25) is 0 Å². The number of hydrogen-bond acceptors (Lipinski definition) is 4. The number of rotatable bonds is 2. The molecule has 1 aromatic rings. The van der Waals surface area contributed by atoms with Gasteiger partial charge in [0.15, 0.2) is 0 Å². The molecule has 0 amide bonds. The van der Waals surface area contributed by atoms with Crippen molar-refractivity contribution < 1.29 is 14.3 Å². The van der Waals surface area contributed by atoms with Gasteiger partial charge in [-0.05, 0) is 18.2 Å². The molecule has 15 heavy (non-hydrogen) atoms. The number of hydrogen-bond donors (Lipinski definition) is 1. The number of anilines is 1. The molecule has 0 aliphatic carbocycles. The van der Waals surface area contributed by atoms with Gasteiger partial charge in [-0.15, -0.1) is 0 Å². The number of carbonyl (C=O) groups excluding carboxylic acids is 1. The number of benzene rings is 1. The molecule has 4 nitrogen and oxygen atoms in total. The molecule has 0 saturated carbocycles. The average molecular weight is 228 g/mol. The number of halogens is 1. The van der Waals surface area contributed by atoms with Crippen molar-refractivity contribution in [3.05, 3.63) is 28.8 Å². The maximum absolute atomic E-state index is 11.6. The van der Waals surface area contributed by atoms with Crippen LogP contribution in [0.4, 0.5) is 5.69 Å². The molecule has 0 bridgehead atoms. The van der Waals surface area contributed by atoms with Crippen molar-refractivity contribution in [2.45, 2.75) is 6.10 Å². The first-order chi connectivity index (χ1) is 7.16. The molecule has 0 unspecified atom stereocenters. The zero-order valence-electron chi connectivity index (χ0n) is 7.90. The molecule has 2 rings (SSSR count). The number of nitrogen functional groups attached to an aromatic ring is 1. The summed E-state index contributed by atoms with van der Waals surface area (Å²) < 4.78 is 9.99. The average Bonchev–Trinajstić information content (AvgIpc) is 2.15. The molecule has 1 aromatic carbocycles. The van der Waals surface area contributed by atoms with Crippen LogP contribution in [0.5, 0.6) is 0 Å². The van der Waals surface area contributed by atoms with Gasteiger partial charge in [0.05, 0.1) is 23.8 Å². The van der Waals surface area contributed by atoms with E-state index in [-0.39, 0.29) is 6.10 Å². The van der Waals surface area contributed by atoms with Crippen LogP contribution < -0.4 is 5.73 Å². The predicted molar refractivity (Wildman–Crippen MR) is 55.9 cm³/mol. The summed E-state index contributed by atoms with van der Waals surface area (Å²) in [6, 6.07) is 4.71. The molecule has 2 N–H and O–H groups in total. The Bertz CT molecular complexity index is 390. The van der Waals surface area contributed by atoms with E-state index in [1.54, 1.807) is 12.1 Å². The van der Waals surface area contributed by atoms with E-state index in [4.69, 9.17) is 26.8 Å². The maximum atomic E-state index is 11.6. The zero-order chi connectivity index (χ0) is 10.8. The normalized spacial score (nSPS) is 15.8. The fraction of sp³-hybridized carbons (Fsp3) is 0.300. The fourth-order valence-electron chi connectivity index (χ4n) is 1.20. The monoisotopic (exact) mass is 227 g/mol. The van der Waals surface area contributed by atoms with Gasteiger partial charge in [-0.2, -0.15) is 0 Å². The van der Waals surface area contributed by atoms with E-state index in [1.807, 2.05) is 0 Å². The van der Waals surface area contributed by atoms with Gasteiger partial charge in [-0.3, -0.25) is 0 Å². The second-order valence-corrected chi connectivity index (χ2v) is 3.71. The minimum atomic E-state index is -0.458. The third-order valence-electron chi connectivity index (χ3n) is 2.09. The zero-order valence-corrected chi connectivity index (χ0v) is 8.66. The molecule has 1 saturated heterocycles. The highest BCUT2D eigenvalue weighted by molar-refractivity contribution is 6.33. The van der Waals surface area contributed by atoms with Crippen LogP contribution in [0.1, 0.15) is 10.4 Å². The van der Waals surface area contributed by atoms with Gasteiger partial charge < -0.3 is 15.2 Å². The van der Waals surface area contributed by atoms with Crippen molar-refractivity contribution >= 4 is 23.3 Å². The lowest BCUT2D eigenvalue weighted by Gasteiger charge is -2.25. The first-order valence-corrected chi connectivity index (χ1v) is 4.88. The van der Waals surface area contributed by atoms with Crippen molar-refractivity contribution in [1.29, 1.82) is 0 Å². The van der Waals surface area contributed by atoms with Gasteiger partial charge in [0.1, 0.15) is 6.10 Å². The Balaban J connectivity index is 2.12. The van der Waals surface area contributed by atoms with E-state index in [0.29, 0.717) is 29.5 Å². The molecule has 1 aliphatic rings. The minimum Gasteiger partial charge on any atom is -0.454 e. The molecule has 1 fully saturated rings. The summed E-state index contributed by atoms with van der Waals surface area (Å²) in [6.45, 7) is 0.900. The van der Waals surface area contributed by atoms with E-state index in [0.717, 1.165) is 0 Å². The van der Waals surface area contributed by atoms with E-state index in [2.05, 4.69) is 0 Å². The Hall–Kier alpha value is -1.26. The minimum absolute atomic E-state index is 0.157. The maximum Gasteiger partial charge on any atom is 0.340 e. The molecule has 0 spiro atoms.